The van der Waals surface area contributed by atoms with E-state index in [1.54, 1.807) is 14.2 Å². The summed E-state index contributed by atoms with van der Waals surface area (Å²) < 4.78 is 0. The molecule has 1 saturated heterocycles. The zero-order valence-corrected chi connectivity index (χ0v) is 10.0. The fraction of sp³-hybridized carbons (Fsp3) is 0.889. The summed E-state index contributed by atoms with van der Waals surface area (Å²) in [6, 6.07) is 0.363. The third-order valence-corrected chi connectivity index (χ3v) is 2.46. The summed E-state index contributed by atoms with van der Waals surface area (Å²) in [5, 5.41) is 5.18. The van der Waals surface area contributed by atoms with Gasteiger partial charge in [0.15, 0.2) is 0 Å². The molecule has 0 amide bonds. The van der Waals surface area contributed by atoms with Crippen LogP contribution in [-0.2, 0) is 4.84 Å². The lowest BCUT2D eigenvalue weighted by Crippen LogP contribution is -2.48. The molecule has 0 aliphatic carbocycles. The van der Waals surface area contributed by atoms with Crippen molar-refractivity contribution in [2.75, 3.05) is 33.8 Å². The molecule has 5 N–H and O–H groups in total. The molecule has 1 unspecified atom stereocenters. The first-order valence-corrected chi connectivity index (χ1v) is 5.44. The summed E-state index contributed by atoms with van der Waals surface area (Å²) in [6.07, 6.45) is 2.25. The summed E-state index contributed by atoms with van der Waals surface area (Å²) in [5.74, 6) is 5.92. The Balaban J connectivity index is 2.36. The van der Waals surface area contributed by atoms with Crippen molar-refractivity contribution in [1.29, 1.82) is 0 Å². The first-order valence-electron chi connectivity index (χ1n) is 5.44. The molecule has 94 valence electrons. The van der Waals surface area contributed by atoms with Gasteiger partial charge >= 0.3 is 0 Å². The van der Waals surface area contributed by atoms with Crippen molar-refractivity contribution in [2.45, 2.75) is 18.9 Å². The molecule has 1 aliphatic rings. The van der Waals surface area contributed by atoms with Crippen LogP contribution in [0.2, 0.25) is 0 Å². The Kier molecular flexibility index (Phi) is 5.47. The molecule has 0 saturated carbocycles. The lowest BCUT2D eigenvalue weighted by atomic mass is 10.1. The van der Waals surface area contributed by atoms with Gasteiger partial charge in [0.25, 0.3) is 0 Å². The molecule has 1 atom stereocenters. The normalized spacial score (nSPS) is 23.4. The monoisotopic (exact) mass is 230 g/mol. The van der Waals surface area contributed by atoms with Crippen molar-refractivity contribution in [3.05, 3.63) is 0 Å². The fourth-order valence-corrected chi connectivity index (χ4v) is 1.93. The van der Waals surface area contributed by atoms with E-state index < -0.39 is 0 Å². The molecule has 0 spiro atoms. The number of likely N-dealkylation sites (tertiary alicyclic amines) is 1. The molecule has 1 fully saturated rings. The minimum atomic E-state index is 0.363. The summed E-state index contributed by atoms with van der Waals surface area (Å²) >= 11 is 0. The number of nitrogens with zero attached hydrogens (tertiary/aromatic N) is 3. The van der Waals surface area contributed by atoms with Gasteiger partial charge in [-0.25, -0.2) is 11.0 Å². The molecule has 0 aromatic carbocycles. The first kappa shape index (κ1) is 13.2. The van der Waals surface area contributed by atoms with E-state index in [9.17, 15) is 0 Å². The Labute approximate surface area is 96.3 Å². The number of nitrogens with two attached hydrogens (primary N) is 2. The van der Waals surface area contributed by atoms with Crippen molar-refractivity contribution in [3.63, 3.8) is 0 Å². The highest BCUT2D eigenvalue weighted by molar-refractivity contribution is 5.82. The molecule has 0 radical (unpaired) electrons. The van der Waals surface area contributed by atoms with Gasteiger partial charge in [-0.15, -0.1) is 5.10 Å². The van der Waals surface area contributed by atoms with Gasteiger partial charge in [-0.2, -0.15) is 5.48 Å². The van der Waals surface area contributed by atoms with Crippen molar-refractivity contribution in [2.24, 2.45) is 16.7 Å². The van der Waals surface area contributed by atoms with Crippen LogP contribution in [0, 0.1) is 0 Å². The number of nitrogens with one attached hydrogen (secondary N) is 1. The summed E-state index contributed by atoms with van der Waals surface area (Å²) in [7, 11) is 3.29. The maximum absolute atomic E-state index is 5.76. The number of rotatable bonds is 5. The van der Waals surface area contributed by atoms with E-state index in [0.29, 0.717) is 18.4 Å². The number of amidine groups is 1. The van der Waals surface area contributed by atoms with Crippen LogP contribution in [0.3, 0.4) is 0 Å². The summed E-state index contributed by atoms with van der Waals surface area (Å²) in [5.41, 5.74) is 8.73. The van der Waals surface area contributed by atoms with Crippen molar-refractivity contribution in [3.8, 4) is 0 Å². The molecule has 1 aliphatic heterocycles. The topological polar surface area (TPSA) is 92.1 Å². The maximum Gasteiger partial charge on any atom is 0.135 e. The Bertz CT molecular complexity index is 230. The van der Waals surface area contributed by atoms with E-state index in [-0.39, 0.29) is 0 Å². The van der Waals surface area contributed by atoms with E-state index in [4.69, 9.17) is 16.4 Å². The Morgan fingerprint density at radius 1 is 1.69 bits per heavy atom. The Morgan fingerprint density at radius 2 is 2.44 bits per heavy atom. The predicted octanol–water partition coefficient (Wildman–Crippen LogP) is -1.32. The van der Waals surface area contributed by atoms with E-state index in [1.807, 2.05) is 0 Å². The van der Waals surface area contributed by atoms with Crippen LogP contribution in [0.15, 0.2) is 5.10 Å². The zero-order chi connectivity index (χ0) is 12.0. The molecule has 16 heavy (non-hydrogen) atoms. The van der Waals surface area contributed by atoms with Gasteiger partial charge in [-0.1, -0.05) is 0 Å². The second-order valence-electron chi connectivity index (χ2n) is 4.06. The lowest BCUT2D eigenvalue weighted by Gasteiger charge is -2.32. The molecule has 1 heterocycles. The quantitative estimate of drug-likeness (QED) is 0.235. The van der Waals surface area contributed by atoms with Gasteiger partial charge in [0.05, 0.1) is 13.7 Å². The van der Waals surface area contributed by atoms with E-state index in [2.05, 4.69) is 15.5 Å². The number of hydroxylamine groups is 1. The lowest BCUT2D eigenvalue weighted by molar-refractivity contribution is 0.0341. The summed E-state index contributed by atoms with van der Waals surface area (Å²) in [4.78, 5) is 7.17. The van der Waals surface area contributed by atoms with Crippen LogP contribution < -0.4 is 17.1 Å². The van der Waals surface area contributed by atoms with Crippen LogP contribution in [-0.4, -0.2) is 55.7 Å². The average Bonchev–Trinajstić information content (AvgIpc) is 2.17. The predicted molar refractivity (Wildman–Crippen MR) is 63.2 cm³/mol. The molecule has 0 bridgehead atoms. The smallest absolute Gasteiger partial charge is 0.135 e. The molecule has 1 rings (SSSR count). The zero-order valence-electron chi connectivity index (χ0n) is 10.0. The first-order chi connectivity index (χ1) is 7.61. The van der Waals surface area contributed by atoms with Crippen LogP contribution in [0.4, 0.5) is 0 Å². The van der Waals surface area contributed by atoms with Crippen LogP contribution >= 0.6 is 0 Å². The highest BCUT2D eigenvalue weighted by atomic mass is 16.6. The number of hydrazine groups is 1. The van der Waals surface area contributed by atoms with Gasteiger partial charge in [-0.05, 0) is 19.4 Å². The van der Waals surface area contributed by atoms with Crippen molar-refractivity contribution < 1.29 is 4.84 Å². The van der Waals surface area contributed by atoms with E-state index >= 15 is 0 Å². The van der Waals surface area contributed by atoms with Gasteiger partial charge < -0.3 is 10.6 Å². The highest BCUT2D eigenvalue weighted by Crippen LogP contribution is 2.09. The van der Waals surface area contributed by atoms with Gasteiger partial charge in [0.1, 0.15) is 5.84 Å². The van der Waals surface area contributed by atoms with Crippen molar-refractivity contribution in [1.82, 2.24) is 15.5 Å². The number of piperidine rings is 1. The third-order valence-electron chi connectivity index (χ3n) is 2.46. The summed E-state index contributed by atoms with van der Waals surface area (Å²) in [6.45, 7) is 2.59. The van der Waals surface area contributed by atoms with Crippen LogP contribution in [0.5, 0.6) is 0 Å². The van der Waals surface area contributed by atoms with Crippen LogP contribution in [0.1, 0.15) is 12.8 Å². The number of hydrazone groups is 1. The second kappa shape index (κ2) is 6.64. The number of hydrogen-bond acceptors (Lipinski definition) is 6. The van der Waals surface area contributed by atoms with Gasteiger partial charge in [-0.3, -0.25) is 4.90 Å². The van der Waals surface area contributed by atoms with E-state index in [0.717, 1.165) is 25.9 Å². The Hall–Kier alpha value is -0.890. The minimum absolute atomic E-state index is 0.363. The fourth-order valence-electron chi connectivity index (χ4n) is 1.93. The molecular weight excluding hydrogens is 208 g/mol. The Morgan fingerprint density at radius 3 is 3.06 bits per heavy atom. The highest BCUT2D eigenvalue weighted by Gasteiger charge is 2.20. The molecule has 7 heteroatoms. The molecular formula is C9H22N6O. The molecule has 0 aromatic heterocycles. The second-order valence-corrected chi connectivity index (χ2v) is 4.06. The minimum Gasteiger partial charge on any atom is -0.385 e. The van der Waals surface area contributed by atoms with Crippen molar-refractivity contribution >= 4 is 5.84 Å². The SMILES string of the molecule is CONC1CCCN(C/C(N)=N/N(C)N)C1. The van der Waals surface area contributed by atoms with E-state index in [1.165, 1.54) is 5.12 Å². The molecule has 0 aromatic rings. The standard InChI is InChI=1S/C9H22N6O/c1-14(11)12-9(10)7-15-5-3-4-8(6-15)13-16-2/h8,13H,3-7,11H2,1-2H3,(H2,10,12). The maximum atomic E-state index is 5.76. The van der Waals surface area contributed by atoms with Gasteiger partial charge in [0, 0.05) is 19.6 Å². The largest absolute Gasteiger partial charge is 0.385 e. The average molecular weight is 230 g/mol. The third kappa shape index (κ3) is 4.75. The van der Waals surface area contributed by atoms with Gasteiger partial charge in [0.2, 0.25) is 0 Å². The molecule has 7 nitrogen and oxygen atoms in total. The van der Waals surface area contributed by atoms with Crippen LogP contribution in [0.25, 0.3) is 0 Å². The number of hydrogen-bond donors (Lipinski definition) is 3.